The highest BCUT2D eigenvalue weighted by Crippen LogP contribution is 2.29. The predicted molar refractivity (Wildman–Crippen MR) is 75.1 cm³/mol. The van der Waals surface area contributed by atoms with Crippen molar-refractivity contribution in [3.63, 3.8) is 0 Å². The van der Waals surface area contributed by atoms with Gasteiger partial charge in [0.15, 0.2) is 0 Å². The molecule has 0 N–H and O–H groups in total. The first-order valence-corrected chi connectivity index (χ1v) is 7.04. The molecule has 1 aromatic rings. The van der Waals surface area contributed by atoms with Gasteiger partial charge in [0.25, 0.3) is 0 Å². The second-order valence-corrected chi connectivity index (χ2v) is 5.67. The molecule has 1 rings (SSSR count). The van der Waals surface area contributed by atoms with Gasteiger partial charge in [0.1, 0.15) is 0 Å². The largest absolute Gasteiger partial charge is 0.261 e. The molecule has 0 spiro atoms. The Kier molecular flexibility index (Phi) is 6.25. The average molecular weight is 233 g/mol. The van der Waals surface area contributed by atoms with Gasteiger partial charge in [0.05, 0.1) is 0 Å². The molecule has 0 saturated carbocycles. The Balaban J connectivity index is 2.65. The Morgan fingerprint density at radius 3 is 2.41 bits per heavy atom. The molecule has 0 aliphatic heterocycles. The second-order valence-electron chi connectivity index (χ2n) is 5.67. The molecule has 1 heterocycles. The van der Waals surface area contributed by atoms with Gasteiger partial charge in [-0.3, -0.25) is 4.98 Å². The maximum Gasteiger partial charge on any atom is 0.0434 e. The molecule has 96 valence electrons. The normalized spacial score (nSPS) is 14.9. The van der Waals surface area contributed by atoms with E-state index in [1.54, 1.807) is 0 Å². The van der Waals surface area contributed by atoms with Crippen molar-refractivity contribution in [1.82, 2.24) is 4.98 Å². The van der Waals surface area contributed by atoms with Gasteiger partial charge in [-0.15, -0.1) is 0 Å². The quantitative estimate of drug-likeness (QED) is 0.643. The summed E-state index contributed by atoms with van der Waals surface area (Å²) < 4.78 is 0. The van der Waals surface area contributed by atoms with Crippen molar-refractivity contribution in [3.8, 4) is 0 Å². The van der Waals surface area contributed by atoms with Crippen LogP contribution in [0, 0.1) is 11.8 Å². The van der Waals surface area contributed by atoms with E-state index in [0.717, 1.165) is 11.8 Å². The van der Waals surface area contributed by atoms with Crippen LogP contribution in [0.3, 0.4) is 0 Å². The van der Waals surface area contributed by atoms with E-state index in [-0.39, 0.29) is 0 Å². The lowest BCUT2D eigenvalue weighted by Crippen LogP contribution is -2.07. The Bertz CT molecular complexity index is 292. The third-order valence-corrected chi connectivity index (χ3v) is 3.58. The summed E-state index contributed by atoms with van der Waals surface area (Å²) in [5, 5.41) is 0. The summed E-state index contributed by atoms with van der Waals surface area (Å²) in [6.07, 6.45) is 7.05. The number of pyridine rings is 1. The number of rotatable bonds is 7. The maximum atomic E-state index is 4.54. The third-order valence-electron chi connectivity index (χ3n) is 3.58. The van der Waals surface area contributed by atoms with Crippen LogP contribution in [0.5, 0.6) is 0 Å². The van der Waals surface area contributed by atoms with Crippen LogP contribution in [-0.2, 0) is 0 Å². The molecule has 0 aliphatic carbocycles. The monoisotopic (exact) mass is 233 g/mol. The third kappa shape index (κ3) is 5.34. The lowest BCUT2D eigenvalue weighted by atomic mass is 9.86. The molecular formula is C16H27N. The van der Waals surface area contributed by atoms with Gasteiger partial charge in [-0.2, -0.15) is 0 Å². The predicted octanol–water partition coefficient (Wildman–Crippen LogP) is 5.04. The first-order valence-electron chi connectivity index (χ1n) is 7.04. The van der Waals surface area contributed by atoms with Crippen LogP contribution in [0.25, 0.3) is 0 Å². The maximum absolute atomic E-state index is 4.54. The molecule has 0 aromatic carbocycles. The fraction of sp³-hybridized carbons (Fsp3) is 0.688. The van der Waals surface area contributed by atoms with E-state index in [4.69, 9.17) is 0 Å². The fourth-order valence-corrected chi connectivity index (χ4v) is 2.19. The summed E-state index contributed by atoms with van der Waals surface area (Å²) in [6, 6.07) is 6.31. The molecular weight excluding hydrogens is 206 g/mol. The standard InChI is InChI=1S/C16H27N/c1-5-14(4)12-15(10-9-13(2)3)16-8-6-7-11-17-16/h6-8,11,13-15H,5,9-10,12H2,1-4H3. The van der Waals surface area contributed by atoms with Crippen LogP contribution in [0.2, 0.25) is 0 Å². The summed E-state index contributed by atoms with van der Waals surface area (Å²) in [4.78, 5) is 4.54. The lowest BCUT2D eigenvalue weighted by Gasteiger charge is -2.20. The minimum absolute atomic E-state index is 0.647. The van der Waals surface area contributed by atoms with Crippen LogP contribution >= 0.6 is 0 Å². The highest BCUT2D eigenvalue weighted by atomic mass is 14.7. The smallest absolute Gasteiger partial charge is 0.0434 e. The topological polar surface area (TPSA) is 12.9 Å². The van der Waals surface area contributed by atoms with Gasteiger partial charge in [-0.25, -0.2) is 0 Å². The summed E-state index contributed by atoms with van der Waals surface area (Å²) in [7, 11) is 0. The minimum Gasteiger partial charge on any atom is -0.261 e. The van der Waals surface area contributed by atoms with Crippen LogP contribution in [-0.4, -0.2) is 4.98 Å². The molecule has 0 amide bonds. The summed E-state index contributed by atoms with van der Waals surface area (Å²) in [5.74, 6) is 2.24. The molecule has 1 heteroatoms. The lowest BCUT2D eigenvalue weighted by molar-refractivity contribution is 0.404. The van der Waals surface area contributed by atoms with Crippen molar-refractivity contribution in [2.75, 3.05) is 0 Å². The van der Waals surface area contributed by atoms with Crippen LogP contribution in [0.4, 0.5) is 0 Å². The summed E-state index contributed by atoms with van der Waals surface area (Å²) >= 11 is 0. The molecule has 2 atom stereocenters. The van der Waals surface area contributed by atoms with E-state index in [1.807, 2.05) is 12.3 Å². The Hall–Kier alpha value is -0.850. The van der Waals surface area contributed by atoms with Crippen LogP contribution in [0.15, 0.2) is 24.4 Å². The Morgan fingerprint density at radius 2 is 1.88 bits per heavy atom. The van der Waals surface area contributed by atoms with Gasteiger partial charge < -0.3 is 0 Å². The number of hydrogen-bond donors (Lipinski definition) is 0. The molecule has 0 aliphatic rings. The van der Waals surface area contributed by atoms with Gasteiger partial charge in [-0.1, -0.05) is 46.6 Å². The van der Waals surface area contributed by atoms with E-state index in [9.17, 15) is 0 Å². The number of nitrogens with zero attached hydrogens (tertiary/aromatic N) is 1. The van der Waals surface area contributed by atoms with Gasteiger partial charge in [0, 0.05) is 17.8 Å². The molecule has 0 saturated heterocycles. The van der Waals surface area contributed by atoms with Crippen LogP contribution in [0.1, 0.15) is 65.0 Å². The Morgan fingerprint density at radius 1 is 1.12 bits per heavy atom. The molecule has 1 nitrogen and oxygen atoms in total. The van der Waals surface area contributed by atoms with Gasteiger partial charge in [0.2, 0.25) is 0 Å². The van der Waals surface area contributed by atoms with Crippen LogP contribution < -0.4 is 0 Å². The van der Waals surface area contributed by atoms with Crippen molar-refractivity contribution in [3.05, 3.63) is 30.1 Å². The Labute approximate surface area is 107 Å². The molecule has 1 aromatic heterocycles. The fourth-order valence-electron chi connectivity index (χ4n) is 2.19. The molecule has 0 radical (unpaired) electrons. The summed E-state index contributed by atoms with van der Waals surface area (Å²) in [6.45, 7) is 9.24. The highest BCUT2D eigenvalue weighted by Gasteiger charge is 2.16. The zero-order valence-corrected chi connectivity index (χ0v) is 11.8. The first-order chi connectivity index (χ1) is 8.13. The molecule has 0 bridgehead atoms. The van der Waals surface area contributed by atoms with Crippen molar-refractivity contribution in [1.29, 1.82) is 0 Å². The van der Waals surface area contributed by atoms with E-state index in [2.05, 4.69) is 44.8 Å². The zero-order valence-electron chi connectivity index (χ0n) is 11.8. The van der Waals surface area contributed by atoms with E-state index in [1.165, 1.54) is 31.4 Å². The minimum atomic E-state index is 0.647. The number of aromatic nitrogens is 1. The number of hydrogen-bond acceptors (Lipinski definition) is 1. The van der Waals surface area contributed by atoms with E-state index >= 15 is 0 Å². The SMILES string of the molecule is CCC(C)CC(CCC(C)C)c1ccccn1. The zero-order chi connectivity index (χ0) is 12.7. The van der Waals surface area contributed by atoms with Crippen molar-refractivity contribution in [2.45, 2.75) is 59.3 Å². The second kappa shape index (κ2) is 7.47. The highest BCUT2D eigenvalue weighted by molar-refractivity contribution is 5.09. The first kappa shape index (κ1) is 14.2. The van der Waals surface area contributed by atoms with Gasteiger partial charge in [-0.05, 0) is 36.8 Å². The van der Waals surface area contributed by atoms with E-state index < -0.39 is 0 Å². The average Bonchev–Trinajstić information content (AvgIpc) is 2.35. The molecule has 0 fully saturated rings. The van der Waals surface area contributed by atoms with Crippen molar-refractivity contribution < 1.29 is 0 Å². The molecule has 17 heavy (non-hydrogen) atoms. The van der Waals surface area contributed by atoms with Crippen molar-refractivity contribution in [2.24, 2.45) is 11.8 Å². The van der Waals surface area contributed by atoms with Crippen molar-refractivity contribution >= 4 is 0 Å². The summed E-state index contributed by atoms with van der Waals surface area (Å²) in [5.41, 5.74) is 1.29. The van der Waals surface area contributed by atoms with Gasteiger partial charge >= 0.3 is 0 Å². The van der Waals surface area contributed by atoms with E-state index in [0.29, 0.717) is 5.92 Å². The molecule has 2 unspecified atom stereocenters.